The molecule has 2 aliphatic heterocycles. The number of thioether (sulfide) groups is 1. The zero-order valence-corrected chi connectivity index (χ0v) is 19.3. The van der Waals surface area contributed by atoms with E-state index in [0.717, 1.165) is 24.3 Å². The molecule has 0 aromatic carbocycles. The van der Waals surface area contributed by atoms with Crippen LogP contribution in [-0.4, -0.2) is 51.5 Å². The number of carbonyl (C=O) groups is 2. The highest BCUT2D eigenvalue weighted by Crippen LogP contribution is 2.37. The Kier molecular flexibility index (Phi) is 7.31. The number of aliphatic imine (C=N–C) groups is 1. The predicted molar refractivity (Wildman–Crippen MR) is 118 cm³/mol. The van der Waals surface area contributed by atoms with Gasteiger partial charge in [-0.25, -0.2) is 9.79 Å². The lowest BCUT2D eigenvalue weighted by Gasteiger charge is -2.36. The first kappa shape index (κ1) is 22.6. The third kappa shape index (κ3) is 6.45. The zero-order chi connectivity index (χ0) is 21.1. The van der Waals surface area contributed by atoms with Crippen molar-refractivity contribution in [1.29, 1.82) is 0 Å². The summed E-state index contributed by atoms with van der Waals surface area (Å²) in [5.74, 6) is 0.622. The molecule has 6 nitrogen and oxygen atoms in total. The summed E-state index contributed by atoms with van der Waals surface area (Å²) in [6.45, 7) is 8.92. The fourth-order valence-corrected chi connectivity index (χ4v) is 5.72. The maximum absolute atomic E-state index is 12.7. The molecule has 1 aliphatic carbocycles. The van der Waals surface area contributed by atoms with E-state index in [2.05, 4.69) is 10.3 Å². The van der Waals surface area contributed by atoms with Gasteiger partial charge in [-0.3, -0.25) is 10.1 Å². The van der Waals surface area contributed by atoms with Crippen LogP contribution in [0.25, 0.3) is 0 Å². The minimum Gasteiger partial charge on any atom is -0.444 e. The number of hydrogen-bond acceptors (Lipinski definition) is 5. The molecule has 0 aromatic heterocycles. The third-order valence-electron chi connectivity index (χ3n) is 6.02. The average molecular weight is 424 g/mol. The molecule has 3 rings (SSSR count). The van der Waals surface area contributed by atoms with E-state index in [-0.39, 0.29) is 18.0 Å². The van der Waals surface area contributed by atoms with Gasteiger partial charge in [0.25, 0.3) is 5.91 Å². The molecule has 1 saturated carbocycles. The SMILES string of the molecule is CC(C)(C)OC(=O)N1CCC(NC2(C)SC(CC3CCCCCC3)=NC2=O)CC1. The normalized spacial score (nSPS) is 27.7. The van der Waals surface area contributed by atoms with Gasteiger partial charge < -0.3 is 9.64 Å². The number of amides is 2. The van der Waals surface area contributed by atoms with Gasteiger partial charge in [0, 0.05) is 19.1 Å². The zero-order valence-electron chi connectivity index (χ0n) is 18.5. The number of hydrogen-bond donors (Lipinski definition) is 1. The fraction of sp³-hybridized carbons (Fsp3) is 0.864. The second kappa shape index (κ2) is 9.38. The molecule has 1 unspecified atom stereocenters. The Morgan fingerprint density at radius 1 is 1.17 bits per heavy atom. The van der Waals surface area contributed by atoms with Crippen LogP contribution in [0.3, 0.4) is 0 Å². The lowest BCUT2D eigenvalue weighted by molar-refractivity contribution is -0.120. The smallest absolute Gasteiger partial charge is 0.410 e. The van der Waals surface area contributed by atoms with Crippen molar-refractivity contribution in [3.05, 3.63) is 0 Å². The summed E-state index contributed by atoms with van der Waals surface area (Å²) >= 11 is 1.61. The molecule has 164 valence electrons. The molecule has 0 bridgehead atoms. The molecule has 1 saturated heterocycles. The van der Waals surface area contributed by atoms with Crippen molar-refractivity contribution in [2.24, 2.45) is 10.9 Å². The molecule has 7 heteroatoms. The molecular formula is C22H37N3O3S. The van der Waals surface area contributed by atoms with E-state index in [1.54, 1.807) is 16.7 Å². The molecule has 3 aliphatic rings. The van der Waals surface area contributed by atoms with Gasteiger partial charge in [0.15, 0.2) is 0 Å². The van der Waals surface area contributed by atoms with E-state index in [1.807, 2.05) is 27.7 Å². The second-order valence-electron chi connectivity index (χ2n) is 9.89. The first-order valence-electron chi connectivity index (χ1n) is 11.2. The van der Waals surface area contributed by atoms with Crippen molar-refractivity contribution < 1.29 is 14.3 Å². The Bertz CT molecular complexity index is 630. The van der Waals surface area contributed by atoms with Crippen LogP contribution in [0.4, 0.5) is 4.79 Å². The Balaban J connectivity index is 1.47. The van der Waals surface area contributed by atoms with Crippen molar-refractivity contribution in [3.63, 3.8) is 0 Å². The van der Waals surface area contributed by atoms with Gasteiger partial charge in [0.05, 0.1) is 5.04 Å². The lowest BCUT2D eigenvalue weighted by atomic mass is 9.97. The Labute approximate surface area is 179 Å². The summed E-state index contributed by atoms with van der Waals surface area (Å²) in [6.07, 6.45) is 10.2. The van der Waals surface area contributed by atoms with Crippen molar-refractivity contribution in [3.8, 4) is 0 Å². The van der Waals surface area contributed by atoms with Crippen LogP contribution in [0.2, 0.25) is 0 Å². The van der Waals surface area contributed by atoms with Gasteiger partial charge in [-0.2, -0.15) is 0 Å². The van der Waals surface area contributed by atoms with Crippen molar-refractivity contribution >= 4 is 28.8 Å². The van der Waals surface area contributed by atoms with Gasteiger partial charge in [0.1, 0.15) is 10.5 Å². The molecule has 29 heavy (non-hydrogen) atoms. The highest BCUT2D eigenvalue weighted by Gasteiger charge is 2.43. The number of ether oxygens (including phenoxy) is 1. The minimum absolute atomic E-state index is 0.0549. The first-order valence-corrected chi connectivity index (χ1v) is 12.0. The summed E-state index contributed by atoms with van der Waals surface area (Å²) in [4.78, 5) is 30.4. The molecule has 1 N–H and O–H groups in total. The number of likely N-dealkylation sites (tertiary alicyclic amines) is 1. The summed E-state index contributed by atoms with van der Waals surface area (Å²) in [6, 6.07) is 0.211. The van der Waals surface area contributed by atoms with Gasteiger partial charge in [0.2, 0.25) is 0 Å². The molecule has 0 radical (unpaired) electrons. The monoisotopic (exact) mass is 423 g/mol. The van der Waals surface area contributed by atoms with Crippen molar-refractivity contribution in [1.82, 2.24) is 10.2 Å². The van der Waals surface area contributed by atoms with Crippen LogP contribution in [-0.2, 0) is 9.53 Å². The van der Waals surface area contributed by atoms with Crippen LogP contribution in [0, 0.1) is 5.92 Å². The maximum Gasteiger partial charge on any atom is 0.410 e. The summed E-state index contributed by atoms with van der Waals surface area (Å²) in [5.41, 5.74) is -0.475. The molecule has 1 atom stereocenters. The number of nitrogens with one attached hydrogen (secondary N) is 1. The highest BCUT2D eigenvalue weighted by molar-refractivity contribution is 8.16. The minimum atomic E-state index is -0.668. The van der Waals surface area contributed by atoms with E-state index in [0.29, 0.717) is 19.0 Å². The predicted octanol–water partition coefficient (Wildman–Crippen LogP) is 4.72. The van der Waals surface area contributed by atoms with E-state index in [9.17, 15) is 9.59 Å². The highest BCUT2D eigenvalue weighted by atomic mass is 32.2. The van der Waals surface area contributed by atoms with Gasteiger partial charge >= 0.3 is 6.09 Å². The van der Waals surface area contributed by atoms with Gasteiger partial charge in [-0.1, -0.05) is 50.3 Å². The summed E-state index contributed by atoms with van der Waals surface area (Å²) in [5, 5.41) is 4.55. The Morgan fingerprint density at radius 2 is 1.79 bits per heavy atom. The Hall–Kier alpha value is -1.08. The number of piperidine rings is 1. The Morgan fingerprint density at radius 3 is 2.38 bits per heavy atom. The summed E-state index contributed by atoms with van der Waals surface area (Å²) < 4.78 is 5.47. The van der Waals surface area contributed by atoms with Crippen LogP contribution < -0.4 is 5.32 Å². The van der Waals surface area contributed by atoms with E-state index in [4.69, 9.17) is 4.74 Å². The number of carbonyl (C=O) groups excluding carboxylic acids is 2. The van der Waals surface area contributed by atoms with Crippen LogP contribution in [0.1, 0.15) is 85.5 Å². The van der Waals surface area contributed by atoms with Crippen molar-refractivity contribution in [2.75, 3.05) is 13.1 Å². The topological polar surface area (TPSA) is 71.0 Å². The molecule has 2 fully saturated rings. The summed E-state index contributed by atoms with van der Waals surface area (Å²) in [7, 11) is 0. The molecule has 2 amide bonds. The molecule has 2 heterocycles. The lowest BCUT2D eigenvalue weighted by Crippen LogP contribution is -2.54. The van der Waals surface area contributed by atoms with Crippen LogP contribution in [0.5, 0.6) is 0 Å². The third-order valence-corrected chi connectivity index (χ3v) is 7.21. The largest absolute Gasteiger partial charge is 0.444 e. The second-order valence-corrected chi connectivity index (χ2v) is 11.4. The molecule has 0 spiro atoms. The van der Waals surface area contributed by atoms with Gasteiger partial charge in [-0.05, 0) is 52.9 Å². The van der Waals surface area contributed by atoms with E-state index < -0.39 is 10.5 Å². The van der Waals surface area contributed by atoms with E-state index in [1.165, 1.54) is 38.5 Å². The molecule has 0 aromatic rings. The maximum atomic E-state index is 12.7. The van der Waals surface area contributed by atoms with E-state index >= 15 is 0 Å². The standard InChI is InChI=1S/C22H37N3O3S/c1-21(2,3)28-20(27)25-13-11-17(12-14-25)24-22(4)19(26)23-18(29-22)15-16-9-7-5-6-8-10-16/h16-17,24H,5-15H2,1-4H3. The van der Waals surface area contributed by atoms with Crippen molar-refractivity contribution in [2.45, 2.75) is 102 Å². The molecular weight excluding hydrogens is 386 g/mol. The average Bonchev–Trinajstić information content (AvgIpc) is 2.79. The number of nitrogens with zero attached hydrogens (tertiary/aromatic N) is 2. The van der Waals surface area contributed by atoms with Crippen LogP contribution in [0.15, 0.2) is 4.99 Å². The van der Waals surface area contributed by atoms with Crippen LogP contribution >= 0.6 is 11.8 Å². The fourth-order valence-electron chi connectivity index (χ4n) is 4.44. The first-order chi connectivity index (χ1) is 13.6. The van der Waals surface area contributed by atoms with Gasteiger partial charge in [-0.15, -0.1) is 0 Å². The quantitative estimate of drug-likeness (QED) is 0.662. The number of rotatable bonds is 4.